The van der Waals surface area contributed by atoms with Crippen molar-refractivity contribution in [2.45, 2.75) is 32.1 Å². The summed E-state index contributed by atoms with van der Waals surface area (Å²) in [6, 6.07) is 25.9. The summed E-state index contributed by atoms with van der Waals surface area (Å²) in [6.07, 6.45) is 5.52. The lowest BCUT2D eigenvalue weighted by Gasteiger charge is -2.15. The van der Waals surface area contributed by atoms with Crippen molar-refractivity contribution >= 4 is 21.4 Å². The molecule has 2 N–H and O–H groups in total. The van der Waals surface area contributed by atoms with Crippen molar-refractivity contribution in [1.82, 2.24) is 4.90 Å². The molecule has 0 spiro atoms. The number of likely N-dealkylation sites (tertiary alicyclic amines) is 1. The van der Waals surface area contributed by atoms with E-state index in [0.29, 0.717) is 13.2 Å². The molecule has 5 heteroatoms. The third kappa shape index (κ3) is 6.28. The van der Waals surface area contributed by atoms with Crippen LogP contribution in [-0.2, 0) is 6.42 Å². The zero-order chi connectivity index (χ0) is 24.6. The van der Waals surface area contributed by atoms with Gasteiger partial charge in [-0.1, -0.05) is 30.3 Å². The molecule has 188 valence electrons. The van der Waals surface area contributed by atoms with E-state index in [0.717, 1.165) is 43.9 Å². The molecule has 0 amide bonds. The minimum Gasteiger partial charge on any atom is -0.494 e. The third-order valence-electron chi connectivity index (χ3n) is 6.86. The summed E-state index contributed by atoms with van der Waals surface area (Å²) >= 11 is 1.87. The van der Waals surface area contributed by atoms with Crippen molar-refractivity contribution in [1.29, 1.82) is 0 Å². The third-order valence-corrected chi connectivity index (χ3v) is 8.12. The van der Waals surface area contributed by atoms with Gasteiger partial charge in [0.1, 0.15) is 18.1 Å². The molecular formula is C31H36N2O2S. The molecule has 1 saturated heterocycles. The Kier molecular flexibility index (Phi) is 8.55. The Hall–Kier alpha value is -2.86. The minimum atomic E-state index is 0.711. The molecule has 2 heterocycles. The molecule has 0 bridgehead atoms. The second kappa shape index (κ2) is 12.4. The van der Waals surface area contributed by atoms with Gasteiger partial charge in [0.2, 0.25) is 0 Å². The summed E-state index contributed by atoms with van der Waals surface area (Å²) in [6.45, 7) is 5.62. The SMILES string of the molecule is NCCCCOc1ccc(-c2sc3ccccc3c2Cc2ccc(OCCN3CCCC3)cc2)cc1. The van der Waals surface area contributed by atoms with E-state index in [2.05, 4.69) is 77.7 Å². The van der Waals surface area contributed by atoms with Crippen LogP contribution in [0, 0.1) is 0 Å². The number of nitrogens with two attached hydrogens (primary N) is 1. The molecule has 0 radical (unpaired) electrons. The summed E-state index contributed by atoms with van der Waals surface area (Å²) in [5.74, 6) is 1.87. The molecule has 5 rings (SSSR count). The normalized spacial score (nSPS) is 13.9. The fourth-order valence-electron chi connectivity index (χ4n) is 4.85. The van der Waals surface area contributed by atoms with Crippen molar-refractivity contribution in [2.24, 2.45) is 5.73 Å². The lowest BCUT2D eigenvalue weighted by Crippen LogP contribution is -2.25. The van der Waals surface area contributed by atoms with Gasteiger partial charge in [-0.15, -0.1) is 11.3 Å². The quantitative estimate of drug-likeness (QED) is 0.219. The lowest BCUT2D eigenvalue weighted by molar-refractivity contribution is 0.238. The fraction of sp³-hybridized carbons (Fsp3) is 0.355. The standard InChI is InChI=1S/C31H36N2O2S/c32-17-3-6-21-34-27-15-11-25(12-16-27)31-29(28-7-1-2-8-30(28)36-31)23-24-9-13-26(14-10-24)35-22-20-33-18-4-5-19-33/h1-2,7-16H,3-6,17-23,32H2. The first-order chi connectivity index (χ1) is 17.8. The van der Waals surface area contributed by atoms with Crippen LogP contribution in [0.3, 0.4) is 0 Å². The molecule has 0 aliphatic carbocycles. The molecule has 1 fully saturated rings. The number of hydrogen-bond acceptors (Lipinski definition) is 5. The number of thiophene rings is 1. The molecule has 1 aromatic heterocycles. The Balaban J connectivity index is 1.29. The van der Waals surface area contributed by atoms with Gasteiger partial charge in [0.25, 0.3) is 0 Å². The first-order valence-corrected chi connectivity index (χ1v) is 14.0. The molecule has 4 nitrogen and oxygen atoms in total. The maximum atomic E-state index is 6.02. The summed E-state index contributed by atoms with van der Waals surface area (Å²) in [4.78, 5) is 3.81. The van der Waals surface area contributed by atoms with Gasteiger partial charge in [0, 0.05) is 16.1 Å². The number of rotatable bonds is 12. The van der Waals surface area contributed by atoms with Crippen LogP contribution >= 0.6 is 11.3 Å². The van der Waals surface area contributed by atoms with Gasteiger partial charge < -0.3 is 15.2 Å². The average Bonchev–Trinajstić information content (AvgIpc) is 3.56. The van der Waals surface area contributed by atoms with Gasteiger partial charge in [-0.05, 0) is 116 Å². The first kappa shape index (κ1) is 24.8. The second-order valence-electron chi connectivity index (χ2n) is 9.49. The van der Waals surface area contributed by atoms with Crippen LogP contribution in [-0.4, -0.2) is 44.3 Å². The van der Waals surface area contributed by atoms with Crippen LogP contribution in [0.15, 0.2) is 72.8 Å². The lowest BCUT2D eigenvalue weighted by atomic mass is 9.99. The zero-order valence-electron chi connectivity index (χ0n) is 21.0. The summed E-state index contributed by atoms with van der Waals surface area (Å²) < 4.78 is 13.2. The maximum Gasteiger partial charge on any atom is 0.119 e. The van der Waals surface area contributed by atoms with Crippen LogP contribution in [0.4, 0.5) is 0 Å². The second-order valence-corrected chi connectivity index (χ2v) is 10.5. The van der Waals surface area contributed by atoms with Crippen molar-refractivity contribution < 1.29 is 9.47 Å². The largest absolute Gasteiger partial charge is 0.494 e. The smallest absolute Gasteiger partial charge is 0.119 e. The number of benzene rings is 3. The highest BCUT2D eigenvalue weighted by molar-refractivity contribution is 7.22. The summed E-state index contributed by atoms with van der Waals surface area (Å²) in [5, 5.41) is 1.34. The van der Waals surface area contributed by atoms with E-state index in [9.17, 15) is 0 Å². The Morgan fingerprint density at radius 2 is 1.47 bits per heavy atom. The molecule has 4 aromatic rings. The number of fused-ring (bicyclic) bond motifs is 1. The Morgan fingerprint density at radius 3 is 2.22 bits per heavy atom. The number of ether oxygens (including phenoxy) is 2. The average molecular weight is 501 g/mol. The monoisotopic (exact) mass is 500 g/mol. The summed E-state index contributed by atoms with van der Waals surface area (Å²) in [7, 11) is 0. The van der Waals surface area contributed by atoms with E-state index in [1.54, 1.807) is 0 Å². The van der Waals surface area contributed by atoms with Gasteiger partial charge in [-0.2, -0.15) is 0 Å². The van der Waals surface area contributed by atoms with E-state index in [1.807, 2.05) is 11.3 Å². The molecule has 0 atom stereocenters. The van der Waals surface area contributed by atoms with Gasteiger partial charge in [0.15, 0.2) is 0 Å². The topological polar surface area (TPSA) is 47.7 Å². The van der Waals surface area contributed by atoms with Crippen molar-refractivity contribution in [3.05, 3.63) is 83.9 Å². The number of nitrogens with zero attached hydrogens (tertiary/aromatic N) is 1. The first-order valence-electron chi connectivity index (χ1n) is 13.2. The van der Waals surface area contributed by atoms with Crippen molar-refractivity contribution in [3.63, 3.8) is 0 Å². The number of hydrogen-bond donors (Lipinski definition) is 1. The van der Waals surface area contributed by atoms with Gasteiger partial charge in [-0.3, -0.25) is 4.90 Å². The highest BCUT2D eigenvalue weighted by atomic mass is 32.1. The Morgan fingerprint density at radius 1 is 0.778 bits per heavy atom. The Labute approximate surface area is 218 Å². The van der Waals surface area contributed by atoms with Gasteiger partial charge in [0.05, 0.1) is 6.61 Å². The fourth-order valence-corrected chi connectivity index (χ4v) is 6.08. The molecule has 36 heavy (non-hydrogen) atoms. The Bertz CT molecular complexity index is 1230. The van der Waals surface area contributed by atoms with Crippen LogP contribution in [0.5, 0.6) is 11.5 Å². The van der Waals surface area contributed by atoms with Gasteiger partial charge in [-0.25, -0.2) is 0 Å². The van der Waals surface area contributed by atoms with Crippen molar-refractivity contribution in [2.75, 3.05) is 39.4 Å². The van der Waals surface area contributed by atoms with E-state index in [1.165, 1.54) is 57.6 Å². The molecular weight excluding hydrogens is 464 g/mol. The van der Waals surface area contributed by atoms with E-state index in [-0.39, 0.29) is 0 Å². The predicted molar refractivity (Wildman–Crippen MR) is 151 cm³/mol. The van der Waals surface area contributed by atoms with Crippen LogP contribution in [0.25, 0.3) is 20.5 Å². The maximum absolute atomic E-state index is 6.02. The molecule has 3 aromatic carbocycles. The predicted octanol–water partition coefficient (Wildman–Crippen LogP) is 6.75. The molecule has 1 aliphatic rings. The van der Waals surface area contributed by atoms with E-state index < -0.39 is 0 Å². The highest BCUT2D eigenvalue weighted by Gasteiger charge is 2.15. The van der Waals surface area contributed by atoms with E-state index in [4.69, 9.17) is 15.2 Å². The molecule has 0 saturated carbocycles. The number of unbranched alkanes of at least 4 members (excludes halogenated alkanes) is 1. The zero-order valence-corrected chi connectivity index (χ0v) is 21.8. The van der Waals surface area contributed by atoms with Gasteiger partial charge >= 0.3 is 0 Å². The molecule has 1 aliphatic heterocycles. The molecule has 0 unspecified atom stereocenters. The van der Waals surface area contributed by atoms with Crippen molar-refractivity contribution in [3.8, 4) is 21.9 Å². The van der Waals surface area contributed by atoms with E-state index >= 15 is 0 Å². The summed E-state index contributed by atoms with van der Waals surface area (Å²) in [5.41, 5.74) is 9.50. The highest BCUT2D eigenvalue weighted by Crippen LogP contribution is 2.40. The van der Waals surface area contributed by atoms with Crippen LogP contribution in [0.2, 0.25) is 0 Å². The van der Waals surface area contributed by atoms with Crippen LogP contribution in [0.1, 0.15) is 36.8 Å². The van der Waals surface area contributed by atoms with Crippen LogP contribution < -0.4 is 15.2 Å². The minimum absolute atomic E-state index is 0.711.